The fourth-order valence-electron chi connectivity index (χ4n) is 3.16. The Morgan fingerprint density at radius 3 is 3.19 bits per heavy atom. The molecule has 0 saturated carbocycles. The summed E-state index contributed by atoms with van der Waals surface area (Å²) in [6.45, 7) is 1.84. The smallest absolute Gasteiger partial charge is 0.0923 e. The van der Waals surface area contributed by atoms with E-state index in [9.17, 15) is 0 Å². The van der Waals surface area contributed by atoms with E-state index in [0.29, 0.717) is 12.0 Å². The molecule has 0 aromatic rings. The zero-order valence-corrected chi connectivity index (χ0v) is 9.62. The van der Waals surface area contributed by atoms with E-state index in [1.54, 1.807) is 7.11 Å². The Labute approximate surface area is 95.9 Å². The van der Waals surface area contributed by atoms with Crippen LogP contribution in [-0.4, -0.2) is 32.3 Å². The largest absolute Gasteiger partial charge is 0.501 e. The summed E-state index contributed by atoms with van der Waals surface area (Å²) in [6.07, 6.45) is 4.25. The standard InChI is InChI=1S/C12H19N3O/c1-16-7-2-3-10-8(4-7)12-9(13)5-14-6-11(12)15-10/h2,8-10,14-15H,3-6,13H2,1H3. The summed E-state index contributed by atoms with van der Waals surface area (Å²) in [7, 11) is 1.76. The second-order valence-electron chi connectivity index (χ2n) is 4.84. The summed E-state index contributed by atoms with van der Waals surface area (Å²) in [6, 6.07) is 0.706. The molecule has 1 aliphatic carbocycles. The molecule has 0 amide bonds. The van der Waals surface area contributed by atoms with Gasteiger partial charge < -0.3 is 21.1 Å². The third kappa shape index (κ3) is 1.44. The Morgan fingerprint density at radius 1 is 1.50 bits per heavy atom. The lowest BCUT2D eigenvalue weighted by Gasteiger charge is -2.29. The summed E-state index contributed by atoms with van der Waals surface area (Å²) in [5.74, 6) is 1.66. The lowest BCUT2D eigenvalue weighted by atomic mass is 9.81. The molecule has 3 rings (SSSR count). The quantitative estimate of drug-likeness (QED) is 0.587. The van der Waals surface area contributed by atoms with Gasteiger partial charge in [-0.05, 0) is 18.1 Å². The van der Waals surface area contributed by atoms with Gasteiger partial charge in [0.05, 0.1) is 12.9 Å². The maximum Gasteiger partial charge on any atom is 0.0923 e. The van der Waals surface area contributed by atoms with Gasteiger partial charge >= 0.3 is 0 Å². The number of hydrogen-bond donors (Lipinski definition) is 3. The van der Waals surface area contributed by atoms with E-state index in [4.69, 9.17) is 10.5 Å². The van der Waals surface area contributed by atoms with Crippen LogP contribution in [0.4, 0.5) is 0 Å². The van der Waals surface area contributed by atoms with Gasteiger partial charge in [0.15, 0.2) is 0 Å². The first-order chi connectivity index (χ1) is 7.79. The van der Waals surface area contributed by atoms with Crippen LogP contribution in [-0.2, 0) is 4.74 Å². The average molecular weight is 221 g/mol. The number of allylic oxidation sites excluding steroid dienone is 1. The molecule has 0 saturated heterocycles. The average Bonchev–Trinajstić information content (AvgIpc) is 2.67. The van der Waals surface area contributed by atoms with Crippen molar-refractivity contribution in [3.63, 3.8) is 0 Å². The maximum absolute atomic E-state index is 6.19. The molecule has 0 spiro atoms. The molecular formula is C12H19N3O. The first kappa shape index (κ1) is 10.2. The molecule has 4 nitrogen and oxygen atoms in total. The van der Waals surface area contributed by atoms with Gasteiger partial charge in [-0.15, -0.1) is 0 Å². The van der Waals surface area contributed by atoms with Gasteiger partial charge in [-0.25, -0.2) is 0 Å². The molecule has 0 bridgehead atoms. The summed E-state index contributed by atoms with van der Waals surface area (Å²) in [5, 5.41) is 6.95. The van der Waals surface area contributed by atoms with Gasteiger partial charge in [0.25, 0.3) is 0 Å². The van der Waals surface area contributed by atoms with E-state index in [-0.39, 0.29) is 6.04 Å². The lowest BCUT2D eigenvalue weighted by molar-refractivity contribution is 0.242. The van der Waals surface area contributed by atoms with Crippen LogP contribution in [0.15, 0.2) is 23.1 Å². The Bertz CT molecular complexity index is 361. The molecule has 0 aromatic heterocycles. The monoisotopic (exact) mass is 221 g/mol. The minimum absolute atomic E-state index is 0.169. The van der Waals surface area contributed by atoms with Gasteiger partial charge in [0.2, 0.25) is 0 Å². The van der Waals surface area contributed by atoms with Crippen molar-refractivity contribution in [2.45, 2.75) is 24.9 Å². The Hall–Kier alpha value is -1.00. The van der Waals surface area contributed by atoms with E-state index in [2.05, 4.69) is 16.7 Å². The summed E-state index contributed by atoms with van der Waals surface area (Å²) in [4.78, 5) is 0. The Morgan fingerprint density at radius 2 is 2.38 bits per heavy atom. The van der Waals surface area contributed by atoms with Crippen LogP contribution in [0.1, 0.15) is 12.8 Å². The highest BCUT2D eigenvalue weighted by molar-refractivity contribution is 5.35. The van der Waals surface area contributed by atoms with Crippen molar-refractivity contribution in [3.05, 3.63) is 23.1 Å². The highest BCUT2D eigenvalue weighted by Crippen LogP contribution is 2.38. The van der Waals surface area contributed by atoms with Gasteiger partial charge in [-0.2, -0.15) is 0 Å². The van der Waals surface area contributed by atoms with E-state index < -0.39 is 0 Å². The van der Waals surface area contributed by atoms with E-state index in [1.807, 2.05) is 0 Å². The topological polar surface area (TPSA) is 59.3 Å². The molecule has 4 heteroatoms. The lowest BCUT2D eigenvalue weighted by Crippen LogP contribution is -2.43. The molecule has 4 N–H and O–H groups in total. The minimum atomic E-state index is 0.169. The molecule has 16 heavy (non-hydrogen) atoms. The van der Waals surface area contributed by atoms with Crippen LogP contribution in [0.3, 0.4) is 0 Å². The molecule has 0 aromatic carbocycles. The fourth-order valence-corrected chi connectivity index (χ4v) is 3.16. The minimum Gasteiger partial charge on any atom is -0.501 e. The van der Waals surface area contributed by atoms with Crippen LogP contribution in [0.5, 0.6) is 0 Å². The molecule has 2 heterocycles. The summed E-state index contributed by atoms with van der Waals surface area (Å²) < 4.78 is 5.37. The normalized spacial score (nSPS) is 37.4. The summed E-state index contributed by atoms with van der Waals surface area (Å²) >= 11 is 0. The fraction of sp³-hybridized carbons (Fsp3) is 0.667. The van der Waals surface area contributed by atoms with Crippen molar-refractivity contribution >= 4 is 0 Å². The highest BCUT2D eigenvalue weighted by atomic mass is 16.5. The number of ether oxygens (including phenoxy) is 1. The van der Waals surface area contributed by atoms with Gasteiger partial charge in [-0.1, -0.05) is 0 Å². The predicted octanol–water partition coefficient (Wildman–Crippen LogP) is 0.0831. The Balaban J connectivity index is 1.87. The van der Waals surface area contributed by atoms with Crippen LogP contribution in [0.25, 0.3) is 0 Å². The maximum atomic E-state index is 6.19. The molecule has 0 radical (unpaired) electrons. The van der Waals surface area contributed by atoms with Gasteiger partial charge in [0.1, 0.15) is 0 Å². The Kier molecular flexibility index (Phi) is 2.41. The first-order valence-electron chi connectivity index (χ1n) is 5.98. The number of nitrogens with one attached hydrogen (secondary N) is 2. The number of hydrogen-bond acceptors (Lipinski definition) is 4. The zero-order valence-electron chi connectivity index (χ0n) is 9.62. The molecule has 0 fully saturated rings. The molecular weight excluding hydrogens is 202 g/mol. The van der Waals surface area contributed by atoms with Gasteiger partial charge in [0, 0.05) is 43.2 Å². The number of fused-ring (bicyclic) bond motifs is 2. The molecule has 3 unspecified atom stereocenters. The van der Waals surface area contributed by atoms with Crippen molar-refractivity contribution < 1.29 is 4.74 Å². The summed E-state index contributed by atoms with van der Waals surface area (Å²) in [5.41, 5.74) is 8.96. The molecule has 3 atom stereocenters. The third-order valence-corrected chi connectivity index (χ3v) is 3.94. The van der Waals surface area contributed by atoms with Crippen molar-refractivity contribution in [2.75, 3.05) is 20.2 Å². The SMILES string of the molecule is COC1=CCC2NC3=C(C(N)CNC3)C2C1. The van der Waals surface area contributed by atoms with Crippen molar-refractivity contribution in [1.82, 2.24) is 10.6 Å². The molecule has 2 aliphatic heterocycles. The van der Waals surface area contributed by atoms with E-state index in [0.717, 1.165) is 31.7 Å². The second-order valence-corrected chi connectivity index (χ2v) is 4.84. The number of nitrogens with two attached hydrogens (primary N) is 1. The van der Waals surface area contributed by atoms with Crippen LogP contribution >= 0.6 is 0 Å². The zero-order chi connectivity index (χ0) is 11.1. The third-order valence-electron chi connectivity index (χ3n) is 3.94. The first-order valence-corrected chi connectivity index (χ1v) is 5.98. The van der Waals surface area contributed by atoms with Crippen molar-refractivity contribution in [3.8, 4) is 0 Å². The number of methoxy groups -OCH3 is 1. The predicted molar refractivity (Wildman–Crippen MR) is 62.6 cm³/mol. The van der Waals surface area contributed by atoms with Gasteiger partial charge in [-0.3, -0.25) is 0 Å². The molecule has 88 valence electrons. The number of rotatable bonds is 1. The molecule has 3 aliphatic rings. The van der Waals surface area contributed by atoms with Crippen molar-refractivity contribution in [2.24, 2.45) is 11.7 Å². The van der Waals surface area contributed by atoms with E-state index in [1.165, 1.54) is 11.3 Å². The van der Waals surface area contributed by atoms with Crippen LogP contribution < -0.4 is 16.4 Å². The highest BCUT2D eigenvalue weighted by Gasteiger charge is 2.40. The van der Waals surface area contributed by atoms with Crippen molar-refractivity contribution in [1.29, 1.82) is 0 Å². The van der Waals surface area contributed by atoms with Crippen LogP contribution in [0.2, 0.25) is 0 Å². The van der Waals surface area contributed by atoms with Crippen LogP contribution in [0, 0.1) is 5.92 Å². The van der Waals surface area contributed by atoms with E-state index >= 15 is 0 Å². The second kappa shape index (κ2) is 3.79.